The molecule has 2 amide bonds. The van der Waals surface area contributed by atoms with E-state index < -0.39 is 29.7 Å². The summed E-state index contributed by atoms with van der Waals surface area (Å²) in [5.74, 6) is 0. The third-order valence-electron chi connectivity index (χ3n) is 2.32. The van der Waals surface area contributed by atoms with Crippen LogP contribution in [0.3, 0.4) is 0 Å². The lowest BCUT2D eigenvalue weighted by molar-refractivity contribution is -0.991. The molecule has 4 N–H and O–H groups in total. The second kappa shape index (κ2) is 6.37. The number of hydrogen-bond donors (Lipinski definition) is 4. The first-order chi connectivity index (χ1) is 9.91. The van der Waals surface area contributed by atoms with Gasteiger partial charge < -0.3 is 15.8 Å². The predicted molar refractivity (Wildman–Crippen MR) is 60.3 cm³/mol. The molecule has 124 valence electrons. The number of nitrogens with one attached hydrogen (secondary N) is 3. The van der Waals surface area contributed by atoms with Gasteiger partial charge in [0.05, 0.1) is 0 Å². The zero-order chi connectivity index (χ0) is 17.1. The van der Waals surface area contributed by atoms with Gasteiger partial charge in [0.15, 0.2) is 5.69 Å². The molecule has 0 fully saturated rings. The van der Waals surface area contributed by atoms with Gasteiger partial charge >= 0.3 is 18.4 Å². The van der Waals surface area contributed by atoms with Crippen LogP contribution >= 0.6 is 0 Å². The number of anilines is 1. The lowest BCUT2D eigenvalue weighted by Crippen LogP contribution is -2.99. The Morgan fingerprint density at radius 3 is 1.91 bits per heavy atom. The van der Waals surface area contributed by atoms with Crippen LogP contribution in [0.25, 0.3) is 0 Å². The molecule has 0 aliphatic heterocycles. The molecule has 0 saturated carbocycles. The minimum absolute atomic E-state index is 0.172. The van der Waals surface area contributed by atoms with Crippen molar-refractivity contribution in [1.29, 1.82) is 0 Å². The molecule has 0 aromatic heterocycles. The van der Waals surface area contributed by atoms with E-state index in [2.05, 4.69) is 0 Å². The highest BCUT2D eigenvalue weighted by molar-refractivity contribution is 5.89. The molecule has 1 aromatic rings. The minimum Gasteiger partial charge on any atom is -0.595 e. The van der Waals surface area contributed by atoms with Crippen molar-refractivity contribution in [2.24, 2.45) is 0 Å². The Bertz CT molecular complexity index is 500. The highest BCUT2D eigenvalue weighted by atomic mass is 19.4. The van der Waals surface area contributed by atoms with Crippen LogP contribution in [0.2, 0.25) is 0 Å². The SMILES string of the molecule is O=C(Nc1ccc([NH+]([O-])O)cc1)NC(C(F)(F)F)C(F)(F)F. The molecule has 0 heterocycles. The van der Waals surface area contributed by atoms with Gasteiger partial charge in [0, 0.05) is 17.8 Å². The maximum atomic E-state index is 12.2. The van der Waals surface area contributed by atoms with E-state index in [1.807, 2.05) is 0 Å². The van der Waals surface area contributed by atoms with E-state index in [1.54, 1.807) is 5.32 Å². The van der Waals surface area contributed by atoms with Gasteiger partial charge in [-0.05, 0) is 12.1 Å². The summed E-state index contributed by atoms with van der Waals surface area (Å²) >= 11 is 0. The number of rotatable bonds is 3. The van der Waals surface area contributed by atoms with E-state index in [-0.39, 0.29) is 11.4 Å². The largest absolute Gasteiger partial charge is 0.595 e. The Kier molecular flexibility index (Phi) is 5.22. The molecule has 1 aromatic carbocycles. The van der Waals surface area contributed by atoms with Crippen molar-refractivity contribution in [2.75, 3.05) is 5.32 Å². The van der Waals surface area contributed by atoms with Gasteiger partial charge in [0.1, 0.15) is 0 Å². The topological polar surface area (TPSA) is 88.9 Å². The number of quaternary nitrogens is 1. The lowest BCUT2D eigenvalue weighted by Gasteiger charge is -2.24. The van der Waals surface area contributed by atoms with Crippen LogP contribution in [-0.4, -0.2) is 29.6 Å². The van der Waals surface area contributed by atoms with Crippen LogP contribution in [-0.2, 0) is 0 Å². The number of alkyl halides is 6. The number of benzene rings is 1. The predicted octanol–water partition coefficient (Wildman–Crippen LogP) is 1.70. The third-order valence-corrected chi connectivity index (χ3v) is 2.32. The van der Waals surface area contributed by atoms with Gasteiger partial charge in [-0.2, -0.15) is 31.6 Å². The number of carbonyl (C=O) groups is 1. The Morgan fingerprint density at radius 2 is 1.55 bits per heavy atom. The molecule has 22 heavy (non-hydrogen) atoms. The van der Waals surface area contributed by atoms with Crippen molar-refractivity contribution in [1.82, 2.24) is 5.32 Å². The number of amides is 2. The van der Waals surface area contributed by atoms with E-state index in [0.29, 0.717) is 0 Å². The highest BCUT2D eigenvalue weighted by Crippen LogP contribution is 2.33. The fourth-order valence-corrected chi connectivity index (χ4v) is 1.34. The van der Waals surface area contributed by atoms with Crippen molar-refractivity contribution < 1.29 is 41.6 Å². The zero-order valence-electron chi connectivity index (χ0n) is 10.4. The summed E-state index contributed by atoms with van der Waals surface area (Å²) in [4.78, 5) is 11.2. The molecule has 0 spiro atoms. The fraction of sp³-hybridized carbons (Fsp3) is 0.300. The maximum Gasteiger partial charge on any atom is 0.417 e. The van der Waals surface area contributed by atoms with E-state index in [0.717, 1.165) is 29.6 Å². The van der Waals surface area contributed by atoms with E-state index in [1.165, 1.54) is 0 Å². The lowest BCUT2D eigenvalue weighted by atomic mass is 10.2. The molecule has 1 unspecified atom stereocenters. The van der Waals surface area contributed by atoms with Gasteiger partial charge in [0.2, 0.25) is 6.04 Å². The van der Waals surface area contributed by atoms with Crippen molar-refractivity contribution in [3.05, 3.63) is 29.5 Å². The molecule has 0 aliphatic rings. The van der Waals surface area contributed by atoms with E-state index in [9.17, 15) is 36.3 Å². The van der Waals surface area contributed by atoms with Gasteiger partial charge in [-0.1, -0.05) is 0 Å². The van der Waals surface area contributed by atoms with Crippen LogP contribution in [0.5, 0.6) is 0 Å². The Labute approximate surface area is 118 Å². The van der Waals surface area contributed by atoms with Crippen LogP contribution in [0.1, 0.15) is 0 Å². The summed E-state index contributed by atoms with van der Waals surface area (Å²) in [6.07, 6.45) is -11.4. The molecule has 0 aliphatic carbocycles. The van der Waals surface area contributed by atoms with Gasteiger partial charge in [-0.15, -0.1) is 0 Å². The molecule has 0 radical (unpaired) electrons. The van der Waals surface area contributed by atoms with E-state index in [4.69, 9.17) is 5.21 Å². The Balaban J connectivity index is 2.76. The zero-order valence-corrected chi connectivity index (χ0v) is 10.4. The number of hydrogen-bond acceptors (Lipinski definition) is 3. The summed E-state index contributed by atoms with van der Waals surface area (Å²) < 4.78 is 73.4. The molecule has 6 nitrogen and oxygen atoms in total. The molecule has 1 atom stereocenters. The normalized spacial score (nSPS) is 13.9. The minimum atomic E-state index is -5.71. The average molecular weight is 333 g/mol. The second-order valence-electron chi connectivity index (χ2n) is 4.00. The first kappa shape index (κ1) is 18.0. The van der Waals surface area contributed by atoms with Gasteiger partial charge in [0.25, 0.3) is 0 Å². The molecule has 1 rings (SSSR count). The van der Waals surface area contributed by atoms with Crippen molar-refractivity contribution in [3.63, 3.8) is 0 Å². The number of urea groups is 1. The summed E-state index contributed by atoms with van der Waals surface area (Å²) in [6.45, 7) is 0. The maximum absolute atomic E-state index is 12.2. The number of halogens is 6. The van der Waals surface area contributed by atoms with Crippen molar-refractivity contribution in [3.8, 4) is 0 Å². The molecule has 0 bridgehead atoms. The van der Waals surface area contributed by atoms with Crippen LogP contribution in [0.4, 0.5) is 42.5 Å². The fourth-order valence-electron chi connectivity index (χ4n) is 1.34. The molecule has 0 saturated heterocycles. The first-order valence-electron chi connectivity index (χ1n) is 5.45. The number of carbonyl (C=O) groups excluding carboxylic acids is 1. The first-order valence-corrected chi connectivity index (χ1v) is 5.45. The summed E-state index contributed by atoms with van der Waals surface area (Å²) in [7, 11) is 0. The summed E-state index contributed by atoms with van der Waals surface area (Å²) in [6, 6.07) is -1.69. The molecular weight excluding hydrogens is 324 g/mol. The highest BCUT2D eigenvalue weighted by Gasteiger charge is 2.57. The molecule has 12 heteroatoms. The van der Waals surface area contributed by atoms with Crippen molar-refractivity contribution in [2.45, 2.75) is 18.4 Å². The smallest absolute Gasteiger partial charge is 0.417 e. The monoisotopic (exact) mass is 333 g/mol. The molecular formula is C10H9F6N3O3. The quantitative estimate of drug-likeness (QED) is 0.501. The van der Waals surface area contributed by atoms with E-state index >= 15 is 0 Å². The Hall–Kier alpha value is -2.05. The van der Waals surface area contributed by atoms with Gasteiger partial charge in [-0.25, -0.2) is 10.0 Å². The van der Waals surface area contributed by atoms with Gasteiger partial charge in [-0.3, -0.25) is 0 Å². The third kappa shape index (κ3) is 5.05. The standard InChI is InChI=1S/C10H9F6N3O3/c11-9(12,13)7(10(14,15)16)18-8(20)17-5-1-3-6(4-2-5)19(21)22/h1-4,7,19,21H,(H2,17,18,20). The van der Waals surface area contributed by atoms with Crippen LogP contribution < -0.4 is 15.9 Å². The van der Waals surface area contributed by atoms with Crippen LogP contribution in [0.15, 0.2) is 24.3 Å². The summed E-state index contributed by atoms with van der Waals surface area (Å²) in [5.41, 5.74) is -0.347. The Morgan fingerprint density at radius 1 is 1.09 bits per heavy atom. The van der Waals surface area contributed by atoms with Crippen molar-refractivity contribution >= 4 is 17.4 Å². The average Bonchev–Trinajstić information content (AvgIpc) is 2.34. The summed E-state index contributed by atoms with van der Waals surface area (Å²) in [5, 5.41) is 20.4. The second-order valence-corrected chi connectivity index (χ2v) is 4.00. The van der Waals surface area contributed by atoms with Crippen LogP contribution in [0, 0.1) is 5.21 Å².